The highest BCUT2D eigenvalue weighted by Gasteiger charge is 2.44. The summed E-state index contributed by atoms with van der Waals surface area (Å²) < 4.78 is 28.0. The lowest BCUT2D eigenvalue weighted by molar-refractivity contribution is -0.160. The van der Waals surface area contributed by atoms with Crippen LogP contribution in [0.4, 0.5) is 9.59 Å². The van der Waals surface area contributed by atoms with Gasteiger partial charge in [0.05, 0.1) is 30.1 Å². The quantitative estimate of drug-likeness (QED) is 0.153. The second kappa shape index (κ2) is 16.1. The number of amides is 2. The van der Waals surface area contributed by atoms with Crippen molar-refractivity contribution in [1.82, 2.24) is 20.2 Å². The van der Waals surface area contributed by atoms with E-state index in [-0.39, 0.29) is 30.4 Å². The lowest BCUT2D eigenvalue weighted by atomic mass is 9.86. The van der Waals surface area contributed by atoms with Gasteiger partial charge in [0.25, 0.3) is 0 Å². The predicted molar refractivity (Wildman–Crippen MR) is 193 cm³/mol. The van der Waals surface area contributed by atoms with Crippen molar-refractivity contribution in [3.05, 3.63) is 34.2 Å². The van der Waals surface area contributed by atoms with Crippen molar-refractivity contribution < 1.29 is 42.9 Å². The number of alkyl carbamates (subject to hydrolysis) is 1. The number of hydrogen-bond acceptors (Lipinski definition) is 11. The van der Waals surface area contributed by atoms with E-state index < -0.39 is 58.9 Å². The number of ether oxygens (including phenoxy) is 5. The highest BCUT2D eigenvalue weighted by molar-refractivity contribution is 5.83. The molecular formula is C38H56N4O10. The summed E-state index contributed by atoms with van der Waals surface area (Å²) in [6.45, 7) is 16.2. The van der Waals surface area contributed by atoms with E-state index >= 15 is 0 Å². The number of rotatable bonds is 12. The first kappa shape index (κ1) is 40.4. The molecule has 1 saturated heterocycles. The number of fused-ring (bicyclic) bond motifs is 1. The lowest BCUT2D eigenvalue weighted by Crippen LogP contribution is -2.51. The van der Waals surface area contributed by atoms with Gasteiger partial charge in [0, 0.05) is 18.8 Å². The van der Waals surface area contributed by atoms with E-state index in [2.05, 4.69) is 15.3 Å². The molecule has 0 spiro atoms. The first-order valence-corrected chi connectivity index (χ1v) is 18.1. The maximum absolute atomic E-state index is 13.7. The summed E-state index contributed by atoms with van der Waals surface area (Å²) in [5, 5.41) is 3.15. The molecule has 1 aliphatic heterocycles. The van der Waals surface area contributed by atoms with E-state index in [1.807, 2.05) is 20.8 Å². The standard InChI is InChI=1S/C38H56N4O10/c1-36(2,3)30(33(45)51-37(4,5)6)41-34(46)50-28-18-22(28)14-12-11-13-15-24-29(43)25-20-39-17-16-26(25)40-31(24)49-23-19-27(32(44)48-10)42(21-23)35(47)52-38(7,8)9/h16-17,20,22-23,27-28,30H,11-15,18-19,21H2,1-10H3,(H,40,43)(H,41,46)/t22-,23-,27+,28-,30?/m1/s1. The minimum atomic E-state index is -0.893. The number of hydrogen-bond donors (Lipinski definition) is 2. The number of likely N-dealkylation sites (tertiary alicyclic amines) is 1. The van der Waals surface area contributed by atoms with Crippen molar-refractivity contribution in [2.45, 2.75) is 143 Å². The van der Waals surface area contributed by atoms with Crippen LogP contribution < -0.4 is 15.5 Å². The van der Waals surface area contributed by atoms with Gasteiger partial charge in [-0.25, -0.2) is 19.2 Å². The number of nitrogens with one attached hydrogen (secondary N) is 2. The lowest BCUT2D eigenvalue weighted by Gasteiger charge is -2.32. The minimum Gasteiger partial charge on any atom is -0.473 e. The van der Waals surface area contributed by atoms with Crippen LogP contribution in [0.25, 0.3) is 10.9 Å². The Morgan fingerprint density at radius 1 is 0.981 bits per heavy atom. The van der Waals surface area contributed by atoms with Gasteiger partial charge in [-0.1, -0.05) is 33.6 Å². The average Bonchev–Trinajstić information content (AvgIpc) is 3.61. The van der Waals surface area contributed by atoms with E-state index in [1.165, 1.54) is 18.2 Å². The molecule has 0 aromatic carbocycles. The van der Waals surface area contributed by atoms with Gasteiger partial charge < -0.3 is 34.0 Å². The number of methoxy groups -OCH3 is 1. The Morgan fingerprint density at radius 3 is 2.31 bits per heavy atom. The molecule has 2 aliphatic rings. The van der Waals surface area contributed by atoms with Crippen molar-refractivity contribution in [3.8, 4) is 5.88 Å². The Kier molecular flexibility index (Phi) is 12.5. The average molecular weight is 729 g/mol. The molecule has 14 nitrogen and oxygen atoms in total. The number of unbranched alkanes of at least 4 members (excludes halogenated alkanes) is 2. The van der Waals surface area contributed by atoms with E-state index in [4.69, 9.17) is 23.7 Å². The summed E-state index contributed by atoms with van der Waals surface area (Å²) in [5.74, 6) is -0.553. The number of esters is 2. The molecular weight excluding hydrogens is 672 g/mol. The first-order valence-electron chi connectivity index (χ1n) is 18.1. The SMILES string of the molecule is COC(=O)[C@@H]1C[C@@H](Oc2[nH]c3ccncc3c(=O)c2CCCCC[C@@H]2C[C@H]2OC(=O)NC(C(=O)OC(C)(C)C)C(C)(C)C)CN1C(=O)OC(C)(C)C. The first-order chi connectivity index (χ1) is 24.2. The van der Waals surface area contributed by atoms with Crippen LogP contribution in [0.5, 0.6) is 5.88 Å². The third kappa shape index (κ3) is 11.1. The molecule has 2 aromatic rings. The highest BCUT2D eigenvalue weighted by atomic mass is 16.6. The van der Waals surface area contributed by atoms with Crippen LogP contribution in [0, 0.1) is 11.3 Å². The number of carbonyl (C=O) groups excluding carboxylic acids is 4. The molecule has 1 unspecified atom stereocenters. The fourth-order valence-corrected chi connectivity index (χ4v) is 6.24. The Morgan fingerprint density at radius 2 is 1.67 bits per heavy atom. The summed E-state index contributed by atoms with van der Waals surface area (Å²) in [6.07, 6.45) is 5.61. The van der Waals surface area contributed by atoms with E-state index in [9.17, 15) is 24.0 Å². The number of pyridine rings is 2. The maximum Gasteiger partial charge on any atom is 0.411 e. The fraction of sp³-hybridized carbons (Fsp3) is 0.684. The van der Waals surface area contributed by atoms with Crippen molar-refractivity contribution in [3.63, 3.8) is 0 Å². The molecule has 0 bridgehead atoms. The van der Waals surface area contributed by atoms with Crippen LogP contribution >= 0.6 is 0 Å². The zero-order valence-corrected chi connectivity index (χ0v) is 32.3. The second-order valence-electron chi connectivity index (χ2n) is 16.8. The Bertz CT molecular complexity index is 1670. The monoisotopic (exact) mass is 728 g/mol. The number of carbonyl (C=O) groups is 4. The summed E-state index contributed by atoms with van der Waals surface area (Å²) in [7, 11) is 1.27. The number of aromatic nitrogens is 2. The van der Waals surface area contributed by atoms with Crippen LogP contribution in [0.2, 0.25) is 0 Å². The third-order valence-corrected chi connectivity index (χ3v) is 8.90. The molecule has 2 amide bonds. The van der Waals surface area contributed by atoms with Crippen LogP contribution in [0.15, 0.2) is 23.3 Å². The Labute approximate surface area is 305 Å². The van der Waals surface area contributed by atoms with Crippen LogP contribution in [0.3, 0.4) is 0 Å². The smallest absolute Gasteiger partial charge is 0.411 e. The molecule has 5 atom stereocenters. The van der Waals surface area contributed by atoms with Gasteiger partial charge in [-0.3, -0.25) is 14.7 Å². The van der Waals surface area contributed by atoms with Crippen LogP contribution in [0.1, 0.15) is 106 Å². The predicted octanol–water partition coefficient (Wildman–Crippen LogP) is 5.83. The molecule has 2 N–H and O–H groups in total. The molecule has 2 aromatic heterocycles. The largest absolute Gasteiger partial charge is 0.473 e. The number of aromatic amines is 1. The summed E-state index contributed by atoms with van der Waals surface area (Å²) in [5.41, 5.74) is -1.17. The zero-order valence-electron chi connectivity index (χ0n) is 32.3. The van der Waals surface area contributed by atoms with E-state index in [0.29, 0.717) is 35.2 Å². The summed E-state index contributed by atoms with van der Waals surface area (Å²) in [4.78, 5) is 73.4. The van der Waals surface area contributed by atoms with Crippen molar-refractivity contribution in [1.29, 1.82) is 0 Å². The van der Waals surface area contributed by atoms with Gasteiger partial charge in [-0.2, -0.15) is 0 Å². The number of nitrogens with zero attached hydrogens (tertiary/aromatic N) is 2. The fourth-order valence-electron chi connectivity index (χ4n) is 6.24. The molecule has 288 valence electrons. The molecule has 1 saturated carbocycles. The summed E-state index contributed by atoms with van der Waals surface area (Å²) >= 11 is 0. The number of H-pyrrole nitrogens is 1. The highest BCUT2D eigenvalue weighted by Crippen LogP contribution is 2.38. The zero-order chi connectivity index (χ0) is 38.6. The van der Waals surface area contributed by atoms with Gasteiger partial charge >= 0.3 is 24.1 Å². The van der Waals surface area contributed by atoms with Gasteiger partial charge in [0.2, 0.25) is 0 Å². The second-order valence-corrected chi connectivity index (χ2v) is 16.8. The van der Waals surface area contributed by atoms with Crippen molar-refractivity contribution in [2.75, 3.05) is 13.7 Å². The summed E-state index contributed by atoms with van der Waals surface area (Å²) in [6, 6.07) is -0.0522. The van der Waals surface area contributed by atoms with Crippen molar-refractivity contribution >= 4 is 35.0 Å². The Hall–Kier alpha value is -4.36. The normalized spacial score (nSPS) is 20.9. The molecule has 2 fully saturated rings. The van der Waals surface area contributed by atoms with Gasteiger partial charge in [-0.15, -0.1) is 0 Å². The molecule has 14 heteroatoms. The van der Waals surface area contributed by atoms with Gasteiger partial charge in [0.15, 0.2) is 11.3 Å². The Balaban J connectivity index is 1.33. The molecule has 4 rings (SSSR count). The van der Waals surface area contributed by atoms with E-state index in [0.717, 1.165) is 25.7 Å². The minimum absolute atomic E-state index is 0.0745. The van der Waals surface area contributed by atoms with Gasteiger partial charge in [-0.05, 0) is 84.6 Å². The molecule has 1 aliphatic carbocycles. The maximum atomic E-state index is 13.7. The molecule has 0 radical (unpaired) electrons. The topological polar surface area (TPSA) is 175 Å². The molecule has 52 heavy (non-hydrogen) atoms. The van der Waals surface area contributed by atoms with Crippen molar-refractivity contribution in [2.24, 2.45) is 11.3 Å². The van der Waals surface area contributed by atoms with E-state index in [1.54, 1.807) is 53.8 Å². The van der Waals surface area contributed by atoms with Crippen LogP contribution in [-0.4, -0.2) is 88.1 Å². The molecule has 3 heterocycles. The third-order valence-electron chi connectivity index (χ3n) is 8.90. The van der Waals surface area contributed by atoms with Gasteiger partial charge in [0.1, 0.15) is 35.5 Å². The van der Waals surface area contributed by atoms with Crippen LogP contribution in [-0.2, 0) is 35.0 Å².